The number of halogens is 4. The van der Waals surface area contributed by atoms with Gasteiger partial charge in [0.15, 0.2) is 0 Å². The van der Waals surface area contributed by atoms with Gasteiger partial charge in [-0.1, -0.05) is 29.8 Å². The van der Waals surface area contributed by atoms with Gasteiger partial charge >= 0.3 is 6.18 Å². The van der Waals surface area contributed by atoms with Crippen molar-refractivity contribution in [1.29, 1.82) is 0 Å². The van der Waals surface area contributed by atoms with Gasteiger partial charge in [-0.05, 0) is 24.1 Å². The Morgan fingerprint density at radius 2 is 1.79 bits per heavy atom. The molecule has 2 heterocycles. The highest BCUT2D eigenvalue weighted by molar-refractivity contribution is 6.31. The van der Waals surface area contributed by atoms with E-state index >= 15 is 0 Å². The zero-order valence-electron chi connectivity index (χ0n) is 15.7. The first-order valence-corrected chi connectivity index (χ1v) is 9.63. The predicted octanol–water partition coefficient (Wildman–Crippen LogP) is 3.26. The minimum Gasteiger partial charge on any atom is -0.337 e. The molecule has 0 aliphatic carbocycles. The quantitative estimate of drug-likeness (QED) is 0.752. The van der Waals surface area contributed by atoms with E-state index in [4.69, 9.17) is 11.6 Å². The Labute approximate surface area is 171 Å². The van der Waals surface area contributed by atoms with Crippen LogP contribution in [0.5, 0.6) is 0 Å². The summed E-state index contributed by atoms with van der Waals surface area (Å²) >= 11 is 6.15. The standard InChI is InChI=1S/C20H21ClF3N3O2/c21-17-5-2-1-4-15(17)12-27-13-16(6-7-18(27)28)19(29)26-9-3-8-25(10-11-26)14-20(22,23)24/h1-2,4-7,13H,3,8-12,14H2. The molecule has 0 atom stereocenters. The molecule has 29 heavy (non-hydrogen) atoms. The van der Waals surface area contributed by atoms with Crippen molar-refractivity contribution in [1.82, 2.24) is 14.4 Å². The Bertz CT molecular complexity index is 930. The van der Waals surface area contributed by atoms with Gasteiger partial charge in [-0.2, -0.15) is 13.2 Å². The average Bonchev–Trinajstić information content (AvgIpc) is 2.89. The van der Waals surface area contributed by atoms with Crippen molar-refractivity contribution in [2.45, 2.75) is 19.1 Å². The van der Waals surface area contributed by atoms with Gasteiger partial charge in [0.1, 0.15) is 0 Å². The summed E-state index contributed by atoms with van der Waals surface area (Å²) < 4.78 is 39.3. The van der Waals surface area contributed by atoms with Crippen LogP contribution in [-0.2, 0) is 6.54 Å². The van der Waals surface area contributed by atoms with E-state index in [2.05, 4.69) is 0 Å². The molecule has 0 spiro atoms. The number of alkyl halides is 3. The zero-order chi connectivity index (χ0) is 21.0. The molecule has 5 nitrogen and oxygen atoms in total. The molecule has 1 fully saturated rings. The fraction of sp³-hybridized carbons (Fsp3) is 0.400. The van der Waals surface area contributed by atoms with Crippen molar-refractivity contribution in [3.63, 3.8) is 0 Å². The van der Waals surface area contributed by atoms with Gasteiger partial charge < -0.3 is 9.47 Å². The third-order valence-electron chi connectivity index (χ3n) is 4.81. The van der Waals surface area contributed by atoms with Crippen LogP contribution in [0.3, 0.4) is 0 Å². The summed E-state index contributed by atoms with van der Waals surface area (Å²) in [6, 6.07) is 9.89. The molecule has 2 aromatic rings. The second-order valence-corrected chi connectivity index (χ2v) is 7.42. The maximum absolute atomic E-state index is 12.9. The Morgan fingerprint density at radius 1 is 1.03 bits per heavy atom. The van der Waals surface area contributed by atoms with Crippen LogP contribution < -0.4 is 5.56 Å². The van der Waals surface area contributed by atoms with Gasteiger partial charge in [0, 0.05) is 43.5 Å². The molecule has 156 valence electrons. The van der Waals surface area contributed by atoms with Gasteiger partial charge in [0.25, 0.3) is 11.5 Å². The molecule has 1 aromatic carbocycles. The van der Waals surface area contributed by atoms with Gasteiger partial charge in [0.2, 0.25) is 0 Å². The monoisotopic (exact) mass is 427 g/mol. The fourth-order valence-corrected chi connectivity index (χ4v) is 3.56. The highest BCUT2D eigenvalue weighted by Crippen LogP contribution is 2.19. The molecule has 1 amide bonds. The molecule has 0 unspecified atom stereocenters. The Morgan fingerprint density at radius 3 is 2.52 bits per heavy atom. The van der Waals surface area contributed by atoms with Crippen molar-refractivity contribution < 1.29 is 18.0 Å². The molecule has 1 aliphatic rings. The molecular formula is C20H21ClF3N3O2. The van der Waals surface area contributed by atoms with Crippen molar-refractivity contribution in [2.75, 3.05) is 32.7 Å². The largest absolute Gasteiger partial charge is 0.401 e. The highest BCUT2D eigenvalue weighted by Gasteiger charge is 2.32. The third kappa shape index (κ3) is 5.83. The van der Waals surface area contributed by atoms with E-state index in [1.807, 2.05) is 6.07 Å². The second kappa shape index (κ2) is 9.00. The number of pyridine rings is 1. The average molecular weight is 428 g/mol. The van der Waals surface area contributed by atoms with Crippen LogP contribution in [0, 0.1) is 0 Å². The molecule has 0 saturated carbocycles. The van der Waals surface area contributed by atoms with Crippen LogP contribution in [0.25, 0.3) is 0 Å². The number of hydrogen-bond acceptors (Lipinski definition) is 3. The normalized spacial score (nSPS) is 15.9. The summed E-state index contributed by atoms with van der Waals surface area (Å²) in [6.07, 6.45) is -2.32. The third-order valence-corrected chi connectivity index (χ3v) is 5.18. The highest BCUT2D eigenvalue weighted by atomic mass is 35.5. The summed E-state index contributed by atoms with van der Waals surface area (Å²) in [6.45, 7) is 0.270. The number of rotatable bonds is 4. The van der Waals surface area contributed by atoms with Gasteiger partial charge in [-0.25, -0.2) is 0 Å². The number of carbonyl (C=O) groups is 1. The van der Waals surface area contributed by atoms with Crippen LogP contribution in [0.2, 0.25) is 5.02 Å². The number of nitrogens with zero attached hydrogens (tertiary/aromatic N) is 3. The van der Waals surface area contributed by atoms with E-state index < -0.39 is 12.7 Å². The Balaban J connectivity index is 1.73. The summed E-state index contributed by atoms with van der Waals surface area (Å²) in [5.74, 6) is -0.299. The SMILES string of the molecule is O=C(c1ccc(=O)n(Cc2ccccc2Cl)c1)N1CCCN(CC(F)(F)F)CC1. The molecule has 0 N–H and O–H groups in total. The lowest BCUT2D eigenvalue weighted by molar-refractivity contribution is -0.145. The first kappa shape index (κ1) is 21.4. The minimum atomic E-state index is -4.26. The molecule has 1 aromatic heterocycles. The van der Waals surface area contributed by atoms with Gasteiger partial charge in [-0.15, -0.1) is 0 Å². The lowest BCUT2D eigenvalue weighted by atomic mass is 10.2. The topological polar surface area (TPSA) is 45.6 Å². The smallest absolute Gasteiger partial charge is 0.337 e. The van der Waals surface area contributed by atoms with Gasteiger partial charge in [-0.3, -0.25) is 14.5 Å². The lowest BCUT2D eigenvalue weighted by Gasteiger charge is -2.23. The van der Waals surface area contributed by atoms with Crippen molar-refractivity contribution in [3.05, 3.63) is 69.1 Å². The molecular weight excluding hydrogens is 407 g/mol. The second-order valence-electron chi connectivity index (χ2n) is 7.01. The number of amides is 1. The van der Waals surface area contributed by atoms with Crippen LogP contribution in [-0.4, -0.2) is 59.2 Å². The van der Waals surface area contributed by atoms with Crippen LogP contribution in [0.4, 0.5) is 13.2 Å². The van der Waals surface area contributed by atoms with E-state index in [0.29, 0.717) is 23.6 Å². The summed E-state index contributed by atoms with van der Waals surface area (Å²) in [4.78, 5) is 27.9. The molecule has 1 saturated heterocycles. The van der Waals surface area contributed by atoms with Crippen LogP contribution in [0.1, 0.15) is 22.3 Å². The fourth-order valence-electron chi connectivity index (χ4n) is 3.36. The first-order valence-electron chi connectivity index (χ1n) is 9.25. The van der Waals surface area contributed by atoms with E-state index in [-0.39, 0.29) is 37.6 Å². The number of hydrogen-bond donors (Lipinski definition) is 0. The maximum atomic E-state index is 12.9. The van der Waals surface area contributed by atoms with Crippen LogP contribution in [0.15, 0.2) is 47.4 Å². The first-order chi connectivity index (χ1) is 13.7. The summed E-state index contributed by atoms with van der Waals surface area (Å²) in [7, 11) is 0. The Hall–Kier alpha value is -2.32. The van der Waals surface area contributed by atoms with E-state index in [9.17, 15) is 22.8 Å². The van der Waals surface area contributed by atoms with Crippen molar-refractivity contribution >= 4 is 17.5 Å². The van der Waals surface area contributed by atoms with Crippen LogP contribution >= 0.6 is 11.6 Å². The number of aromatic nitrogens is 1. The predicted molar refractivity (Wildman–Crippen MR) is 104 cm³/mol. The van der Waals surface area contributed by atoms with Gasteiger partial charge in [0.05, 0.1) is 18.7 Å². The molecule has 3 rings (SSSR count). The zero-order valence-corrected chi connectivity index (χ0v) is 16.4. The molecule has 9 heteroatoms. The van der Waals surface area contributed by atoms with E-state index in [1.54, 1.807) is 18.2 Å². The van der Waals surface area contributed by atoms with Crippen molar-refractivity contribution in [3.8, 4) is 0 Å². The van der Waals surface area contributed by atoms with E-state index in [1.165, 1.54) is 32.7 Å². The molecule has 0 radical (unpaired) electrons. The molecule has 0 bridgehead atoms. The Kier molecular flexibility index (Phi) is 6.64. The number of benzene rings is 1. The number of carbonyl (C=O) groups excluding carboxylic acids is 1. The minimum absolute atomic E-state index is 0.157. The summed E-state index contributed by atoms with van der Waals surface area (Å²) in [5.41, 5.74) is 0.799. The van der Waals surface area contributed by atoms with E-state index in [0.717, 1.165) is 5.56 Å². The molecule has 1 aliphatic heterocycles. The van der Waals surface area contributed by atoms with Crippen molar-refractivity contribution in [2.24, 2.45) is 0 Å². The maximum Gasteiger partial charge on any atom is 0.401 e. The summed E-state index contributed by atoms with van der Waals surface area (Å²) in [5, 5.41) is 0.522. The lowest BCUT2D eigenvalue weighted by Crippen LogP contribution is -2.38.